The monoisotopic (exact) mass is 421 g/mol. The third-order valence-electron chi connectivity index (χ3n) is 4.89. The van der Waals surface area contributed by atoms with Crippen LogP contribution in [-0.2, 0) is 11.0 Å². The van der Waals surface area contributed by atoms with E-state index in [1.807, 2.05) is 0 Å². The van der Waals surface area contributed by atoms with Gasteiger partial charge in [0.2, 0.25) is 11.6 Å². The van der Waals surface area contributed by atoms with Gasteiger partial charge in [-0.25, -0.2) is 9.37 Å². The maximum atomic E-state index is 13.5. The highest BCUT2D eigenvalue weighted by molar-refractivity contribution is 5.94. The van der Waals surface area contributed by atoms with E-state index in [1.54, 1.807) is 26.8 Å². The summed E-state index contributed by atoms with van der Waals surface area (Å²) in [6, 6.07) is 6.70. The van der Waals surface area contributed by atoms with Gasteiger partial charge in [-0.2, -0.15) is 13.2 Å². The Kier molecular flexibility index (Phi) is 5.65. The fourth-order valence-electron chi connectivity index (χ4n) is 3.20. The van der Waals surface area contributed by atoms with Crippen LogP contribution in [-0.4, -0.2) is 15.5 Å². The zero-order valence-corrected chi connectivity index (χ0v) is 16.5. The first-order valence-corrected chi connectivity index (χ1v) is 9.20. The molecule has 0 saturated carbocycles. The van der Waals surface area contributed by atoms with Crippen molar-refractivity contribution in [3.8, 4) is 0 Å². The molecule has 30 heavy (non-hydrogen) atoms. The van der Waals surface area contributed by atoms with Crippen LogP contribution in [0, 0.1) is 19.7 Å². The summed E-state index contributed by atoms with van der Waals surface area (Å²) in [6.07, 6.45) is -4.92. The molecular formula is C21H19F4N3O2. The summed E-state index contributed by atoms with van der Waals surface area (Å²) in [6.45, 7) is 5.06. The largest absolute Gasteiger partial charge is 0.438 e. The van der Waals surface area contributed by atoms with Crippen molar-refractivity contribution in [2.75, 3.05) is 5.32 Å². The second kappa shape index (κ2) is 7.89. The minimum Gasteiger partial charge on any atom is -0.324 e. The Morgan fingerprint density at radius 2 is 1.73 bits per heavy atom. The van der Waals surface area contributed by atoms with Gasteiger partial charge in [0, 0.05) is 5.69 Å². The Bertz CT molecular complexity index is 1170. The molecule has 158 valence electrons. The van der Waals surface area contributed by atoms with E-state index in [1.165, 1.54) is 18.2 Å². The van der Waals surface area contributed by atoms with E-state index in [0.29, 0.717) is 5.56 Å². The number of halogens is 4. The fraction of sp³-hybridized carbons (Fsp3) is 0.286. The predicted molar refractivity (Wildman–Crippen MR) is 105 cm³/mol. The second-order valence-corrected chi connectivity index (χ2v) is 6.98. The summed E-state index contributed by atoms with van der Waals surface area (Å²) in [7, 11) is 0. The summed E-state index contributed by atoms with van der Waals surface area (Å²) in [5.41, 5.74) is -1.15. The number of aromatic nitrogens is 2. The number of benzene rings is 2. The standard InChI is InChI=1S/C21H19F4N3O2/c1-4-16(19(29)26-14-7-5-13(22)6-8-14)28-17-10-12(3)11(2)9-15(17)27-18(20(28)30)21(23,24)25/h5-10,16H,4H2,1-3H3,(H,26,29). The molecule has 0 bridgehead atoms. The number of hydrogen-bond donors (Lipinski definition) is 1. The van der Waals surface area contributed by atoms with E-state index in [9.17, 15) is 27.2 Å². The van der Waals surface area contributed by atoms with Crippen molar-refractivity contribution in [2.45, 2.75) is 39.4 Å². The van der Waals surface area contributed by atoms with Crippen molar-refractivity contribution >= 4 is 22.6 Å². The van der Waals surface area contributed by atoms with Gasteiger partial charge in [-0.05, 0) is 67.8 Å². The van der Waals surface area contributed by atoms with E-state index in [4.69, 9.17) is 0 Å². The molecule has 1 N–H and O–H groups in total. The molecule has 1 heterocycles. The van der Waals surface area contributed by atoms with Gasteiger partial charge in [0.05, 0.1) is 11.0 Å². The van der Waals surface area contributed by atoms with Gasteiger partial charge in [0.15, 0.2) is 0 Å². The summed E-state index contributed by atoms with van der Waals surface area (Å²) in [5, 5.41) is 2.53. The molecular weight excluding hydrogens is 402 g/mol. The van der Waals surface area contributed by atoms with Gasteiger partial charge in [0.25, 0.3) is 5.56 Å². The van der Waals surface area contributed by atoms with E-state index >= 15 is 0 Å². The highest BCUT2D eigenvalue weighted by Gasteiger charge is 2.38. The highest BCUT2D eigenvalue weighted by Crippen LogP contribution is 2.29. The molecule has 0 aliphatic rings. The van der Waals surface area contributed by atoms with Crippen molar-refractivity contribution in [3.05, 3.63) is 69.4 Å². The molecule has 0 spiro atoms. The number of carbonyl (C=O) groups excluding carboxylic acids is 1. The van der Waals surface area contributed by atoms with Crippen LogP contribution in [0.4, 0.5) is 23.2 Å². The molecule has 3 aromatic rings. The second-order valence-electron chi connectivity index (χ2n) is 6.98. The number of fused-ring (bicyclic) bond motifs is 1. The van der Waals surface area contributed by atoms with Crippen LogP contribution in [0.15, 0.2) is 41.2 Å². The molecule has 0 saturated heterocycles. The lowest BCUT2D eigenvalue weighted by atomic mass is 10.1. The van der Waals surface area contributed by atoms with E-state index < -0.39 is 35.2 Å². The average molecular weight is 421 g/mol. The highest BCUT2D eigenvalue weighted by atomic mass is 19.4. The van der Waals surface area contributed by atoms with Crippen molar-refractivity contribution in [1.82, 2.24) is 9.55 Å². The van der Waals surface area contributed by atoms with Crippen LogP contribution < -0.4 is 10.9 Å². The number of anilines is 1. The first kappa shape index (κ1) is 21.5. The number of carbonyl (C=O) groups is 1. The Labute approximate surface area is 169 Å². The van der Waals surface area contributed by atoms with E-state index in [0.717, 1.165) is 22.3 Å². The van der Waals surface area contributed by atoms with Crippen LogP contribution in [0.1, 0.15) is 36.2 Å². The zero-order valence-electron chi connectivity index (χ0n) is 16.5. The maximum absolute atomic E-state index is 13.5. The first-order chi connectivity index (χ1) is 14.0. The molecule has 2 aromatic carbocycles. The van der Waals surface area contributed by atoms with Gasteiger partial charge in [-0.15, -0.1) is 0 Å². The zero-order chi connectivity index (χ0) is 22.2. The van der Waals surface area contributed by atoms with E-state index in [-0.39, 0.29) is 23.1 Å². The van der Waals surface area contributed by atoms with Crippen molar-refractivity contribution in [1.29, 1.82) is 0 Å². The van der Waals surface area contributed by atoms with Crippen LogP contribution in [0.2, 0.25) is 0 Å². The van der Waals surface area contributed by atoms with Crippen molar-refractivity contribution < 1.29 is 22.4 Å². The van der Waals surface area contributed by atoms with Crippen LogP contribution in [0.5, 0.6) is 0 Å². The lowest BCUT2D eigenvalue weighted by Gasteiger charge is -2.22. The number of amides is 1. The number of nitrogens with one attached hydrogen (secondary N) is 1. The van der Waals surface area contributed by atoms with Gasteiger partial charge in [-0.1, -0.05) is 6.92 Å². The smallest absolute Gasteiger partial charge is 0.324 e. The quantitative estimate of drug-likeness (QED) is 0.618. The average Bonchev–Trinajstić information content (AvgIpc) is 2.66. The van der Waals surface area contributed by atoms with Crippen molar-refractivity contribution in [2.24, 2.45) is 0 Å². The lowest BCUT2D eigenvalue weighted by Crippen LogP contribution is -2.37. The summed E-state index contributed by atoms with van der Waals surface area (Å²) in [4.78, 5) is 29.2. The fourth-order valence-corrected chi connectivity index (χ4v) is 3.20. The van der Waals surface area contributed by atoms with Gasteiger partial charge < -0.3 is 5.32 Å². The Morgan fingerprint density at radius 3 is 2.30 bits per heavy atom. The van der Waals surface area contributed by atoms with Gasteiger partial charge in [-0.3, -0.25) is 14.2 Å². The van der Waals surface area contributed by atoms with Gasteiger partial charge >= 0.3 is 6.18 Å². The minimum atomic E-state index is -4.97. The molecule has 3 rings (SSSR count). The third kappa shape index (κ3) is 4.05. The van der Waals surface area contributed by atoms with E-state index in [2.05, 4.69) is 10.3 Å². The Morgan fingerprint density at radius 1 is 1.13 bits per heavy atom. The Hall–Kier alpha value is -3.23. The summed E-state index contributed by atoms with van der Waals surface area (Å²) >= 11 is 0. The number of alkyl halides is 3. The third-order valence-corrected chi connectivity index (χ3v) is 4.89. The van der Waals surface area contributed by atoms with Gasteiger partial charge in [0.1, 0.15) is 11.9 Å². The summed E-state index contributed by atoms with van der Waals surface area (Å²) in [5.74, 6) is -1.19. The molecule has 1 amide bonds. The molecule has 1 aromatic heterocycles. The van der Waals surface area contributed by atoms with Crippen LogP contribution in [0.3, 0.4) is 0 Å². The normalized spacial score (nSPS) is 12.8. The SMILES string of the molecule is CCC(C(=O)Nc1ccc(F)cc1)n1c(=O)c(C(F)(F)F)nc2cc(C)c(C)cc21. The molecule has 9 heteroatoms. The molecule has 1 unspecified atom stereocenters. The number of hydrogen-bond acceptors (Lipinski definition) is 3. The molecule has 0 fully saturated rings. The predicted octanol–water partition coefficient (Wildman–Crippen LogP) is 4.76. The molecule has 0 aliphatic heterocycles. The number of aryl methyl sites for hydroxylation is 2. The lowest BCUT2D eigenvalue weighted by molar-refractivity contribution is -0.142. The molecule has 0 radical (unpaired) electrons. The number of nitrogens with zero attached hydrogens (tertiary/aromatic N) is 2. The topological polar surface area (TPSA) is 64.0 Å². The summed E-state index contributed by atoms with van der Waals surface area (Å²) < 4.78 is 54.4. The molecule has 5 nitrogen and oxygen atoms in total. The minimum absolute atomic E-state index is 0.0296. The maximum Gasteiger partial charge on any atom is 0.438 e. The molecule has 1 atom stereocenters. The van der Waals surface area contributed by atoms with Crippen LogP contribution in [0.25, 0.3) is 11.0 Å². The van der Waals surface area contributed by atoms with Crippen molar-refractivity contribution in [3.63, 3.8) is 0 Å². The van der Waals surface area contributed by atoms with Crippen LogP contribution >= 0.6 is 0 Å². The Balaban J connectivity index is 2.21. The first-order valence-electron chi connectivity index (χ1n) is 9.20. The number of rotatable bonds is 4. The molecule has 0 aliphatic carbocycles.